The number of hydrogen-bond donors (Lipinski definition) is 1. The van der Waals surface area contributed by atoms with Gasteiger partial charge in [0.25, 0.3) is 0 Å². The normalized spacial score (nSPS) is 11.1. The first-order valence-corrected chi connectivity index (χ1v) is 9.45. The lowest BCUT2D eigenvalue weighted by atomic mass is 10.1. The summed E-state index contributed by atoms with van der Waals surface area (Å²) >= 11 is 0. The average molecular weight is 329 g/mol. The molecule has 2 aromatic rings. The highest BCUT2D eigenvalue weighted by Gasteiger charge is 2.13. The van der Waals surface area contributed by atoms with Gasteiger partial charge in [-0.25, -0.2) is 4.68 Å². The van der Waals surface area contributed by atoms with Crippen molar-refractivity contribution < 1.29 is 0 Å². The lowest BCUT2D eigenvalue weighted by Crippen LogP contribution is -2.11. The molecular weight excluding hydrogens is 296 g/mol. The second-order valence-electron chi connectivity index (χ2n) is 6.63. The largest absolute Gasteiger partial charge is 0.330 e. The zero-order valence-corrected chi connectivity index (χ0v) is 15.3. The maximum atomic E-state index is 5.81. The molecule has 0 unspecified atom stereocenters. The molecule has 24 heavy (non-hydrogen) atoms. The molecule has 1 aromatic carbocycles. The summed E-state index contributed by atoms with van der Waals surface area (Å²) in [5.74, 6) is 0. The molecule has 0 spiro atoms. The van der Waals surface area contributed by atoms with Crippen LogP contribution in [0, 0.1) is 6.92 Å². The van der Waals surface area contributed by atoms with Crippen LogP contribution in [-0.2, 0) is 13.0 Å². The molecule has 132 valence electrons. The molecule has 0 aliphatic rings. The van der Waals surface area contributed by atoms with E-state index in [4.69, 9.17) is 5.73 Å². The van der Waals surface area contributed by atoms with E-state index in [0.717, 1.165) is 24.2 Å². The van der Waals surface area contributed by atoms with Gasteiger partial charge in [0.15, 0.2) is 0 Å². The van der Waals surface area contributed by atoms with E-state index in [-0.39, 0.29) is 0 Å². The Labute approximate surface area is 146 Å². The zero-order valence-electron chi connectivity index (χ0n) is 15.3. The molecule has 0 saturated carbocycles. The molecule has 0 bridgehead atoms. The molecule has 0 aliphatic heterocycles. The number of benzene rings is 1. The van der Waals surface area contributed by atoms with Crippen molar-refractivity contribution >= 4 is 0 Å². The number of aromatic nitrogens is 3. The monoisotopic (exact) mass is 328 g/mol. The Balaban J connectivity index is 1.94. The SMILES string of the molecule is CCCCCCCCCn1nnc(-c2ccc(C)cc2)c1CCN. The van der Waals surface area contributed by atoms with E-state index in [0.29, 0.717) is 6.54 Å². The molecule has 0 aliphatic carbocycles. The van der Waals surface area contributed by atoms with Crippen LogP contribution in [0.5, 0.6) is 0 Å². The Morgan fingerprint density at radius 3 is 2.29 bits per heavy atom. The van der Waals surface area contributed by atoms with Crippen LogP contribution < -0.4 is 5.73 Å². The molecule has 0 saturated heterocycles. The molecule has 4 nitrogen and oxygen atoms in total. The second kappa shape index (κ2) is 10.2. The van der Waals surface area contributed by atoms with E-state index in [2.05, 4.69) is 53.1 Å². The minimum absolute atomic E-state index is 0.628. The number of aryl methyl sites for hydroxylation is 2. The number of unbranched alkanes of at least 4 members (excludes halogenated alkanes) is 6. The van der Waals surface area contributed by atoms with Gasteiger partial charge in [-0.2, -0.15) is 0 Å². The molecular formula is C20H32N4. The molecule has 1 aromatic heterocycles. The van der Waals surface area contributed by atoms with E-state index in [1.54, 1.807) is 0 Å². The Bertz CT molecular complexity index is 586. The Morgan fingerprint density at radius 1 is 0.958 bits per heavy atom. The Hall–Kier alpha value is -1.68. The third-order valence-electron chi connectivity index (χ3n) is 4.52. The van der Waals surface area contributed by atoms with Crippen LogP contribution in [0.2, 0.25) is 0 Å². The molecule has 4 heteroatoms. The quantitative estimate of drug-likeness (QED) is 0.618. The van der Waals surface area contributed by atoms with Gasteiger partial charge < -0.3 is 5.73 Å². The smallest absolute Gasteiger partial charge is 0.116 e. The summed E-state index contributed by atoms with van der Waals surface area (Å²) in [5.41, 5.74) is 10.4. The van der Waals surface area contributed by atoms with Crippen LogP contribution in [0.15, 0.2) is 24.3 Å². The minimum Gasteiger partial charge on any atom is -0.330 e. The van der Waals surface area contributed by atoms with Crippen LogP contribution in [0.1, 0.15) is 63.1 Å². The first-order valence-electron chi connectivity index (χ1n) is 9.45. The predicted octanol–water partition coefficient (Wildman–Crippen LogP) is 4.51. The van der Waals surface area contributed by atoms with Crippen molar-refractivity contribution in [1.82, 2.24) is 15.0 Å². The maximum absolute atomic E-state index is 5.81. The van der Waals surface area contributed by atoms with Gasteiger partial charge in [-0.15, -0.1) is 5.10 Å². The fraction of sp³-hybridized carbons (Fsp3) is 0.600. The standard InChI is InChI=1S/C20H32N4/c1-3-4-5-6-7-8-9-16-24-19(14-15-21)20(22-23-24)18-12-10-17(2)11-13-18/h10-13H,3-9,14-16,21H2,1-2H3. The van der Waals surface area contributed by atoms with Gasteiger partial charge in [-0.1, -0.05) is 80.5 Å². The van der Waals surface area contributed by atoms with Crippen LogP contribution in [0.3, 0.4) is 0 Å². The zero-order chi connectivity index (χ0) is 17.2. The van der Waals surface area contributed by atoms with Gasteiger partial charge in [-0.3, -0.25) is 0 Å². The lowest BCUT2D eigenvalue weighted by Gasteiger charge is -2.08. The number of rotatable bonds is 11. The van der Waals surface area contributed by atoms with Crippen molar-refractivity contribution in [2.24, 2.45) is 5.73 Å². The van der Waals surface area contributed by atoms with Gasteiger partial charge in [0.05, 0.1) is 5.69 Å². The van der Waals surface area contributed by atoms with E-state index in [1.807, 2.05) is 0 Å². The average Bonchev–Trinajstić information content (AvgIpc) is 2.98. The van der Waals surface area contributed by atoms with Crippen molar-refractivity contribution in [3.8, 4) is 11.3 Å². The van der Waals surface area contributed by atoms with Crippen molar-refractivity contribution in [2.45, 2.75) is 71.8 Å². The van der Waals surface area contributed by atoms with Gasteiger partial charge in [0.1, 0.15) is 5.69 Å². The van der Waals surface area contributed by atoms with Crippen molar-refractivity contribution in [2.75, 3.05) is 6.54 Å². The second-order valence-corrected chi connectivity index (χ2v) is 6.63. The molecule has 0 radical (unpaired) electrons. The van der Waals surface area contributed by atoms with Gasteiger partial charge in [0.2, 0.25) is 0 Å². The predicted molar refractivity (Wildman–Crippen MR) is 101 cm³/mol. The Kier molecular flexibility index (Phi) is 7.96. The molecule has 0 fully saturated rings. The third-order valence-corrected chi connectivity index (χ3v) is 4.52. The van der Waals surface area contributed by atoms with Gasteiger partial charge in [0, 0.05) is 18.5 Å². The maximum Gasteiger partial charge on any atom is 0.116 e. The van der Waals surface area contributed by atoms with Crippen LogP contribution >= 0.6 is 0 Å². The highest BCUT2D eigenvalue weighted by Crippen LogP contribution is 2.22. The van der Waals surface area contributed by atoms with Gasteiger partial charge >= 0.3 is 0 Å². The summed E-state index contributed by atoms with van der Waals surface area (Å²) in [7, 11) is 0. The van der Waals surface area contributed by atoms with Crippen LogP contribution in [0.25, 0.3) is 11.3 Å². The van der Waals surface area contributed by atoms with Crippen LogP contribution in [0.4, 0.5) is 0 Å². The molecule has 2 N–H and O–H groups in total. The van der Waals surface area contributed by atoms with Crippen LogP contribution in [-0.4, -0.2) is 21.5 Å². The van der Waals surface area contributed by atoms with E-state index in [9.17, 15) is 0 Å². The number of nitrogens with two attached hydrogens (primary N) is 1. The highest BCUT2D eigenvalue weighted by atomic mass is 15.4. The van der Waals surface area contributed by atoms with E-state index >= 15 is 0 Å². The van der Waals surface area contributed by atoms with Gasteiger partial charge in [-0.05, 0) is 19.9 Å². The van der Waals surface area contributed by atoms with Crippen molar-refractivity contribution in [3.05, 3.63) is 35.5 Å². The summed E-state index contributed by atoms with van der Waals surface area (Å²) in [6, 6.07) is 8.49. The molecule has 0 atom stereocenters. The number of nitrogens with zero attached hydrogens (tertiary/aromatic N) is 3. The fourth-order valence-corrected chi connectivity index (χ4v) is 3.05. The highest BCUT2D eigenvalue weighted by molar-refractivity contribution is 5.61. The van der Waals surface area contributed by atoms with E-state index in [1.165, 1.54) is 56.2 Å². The fourth-order valence-electron chi connectivity index (χ4n) is 3.05. The molecule has 0 amide bonds. The summed E-state index contributed by atoms with van der Waals surface area (Å²) < 4.78 is 2.06. The summed E-state index contributed by atoms with van der Waals surface area (Å²) in [6.45, 7) is 5.93. The summed E-state index contributed by atoms with van der Waals surface area (Å²) in [6.07, 6.45) is 9.99. The topological polar surface area (TPSA) is 56.7 Å². The first-order chi connectivity index (χ1) is 11.8. The van der Waals surface area contributed by atoms with Crippen molar-refractivity contribution in [1.29, 1.82) is 0 Å². The number of hydrogen-bond acceptors (Lipinski definition) is 3. The lowest BCUT2D eigenvalue weighted by molar-refractivity contribution is 0.501. The first kappa shape index (κ1) is 18.7. The van der Waals surface area contributed by atoms with E-state index < -0.39 is 0 Å². The molecule has 2 rings (SSSR count). The minimum atomic E-state index is 0.628. The Morgan fingerprint density at radius 2 is 1.62 bits per heavy atom. The molecule has 1 heterocycles. The summed E-state index contributed by atoms with van der Waals surface area (Å²) in [4.78, 5) is 0. The third kappa shape index (κ3) is 5.45. The summed E-state index contributed by atoms with van der Waals surface area (Å²) in [5, 5.41) is 8.82. The van der Waals surface area contributed by atoms with Crippen molar-refractivity contribution in [3.63, 3.8) is 0 Å².